The molecule has 3 heterocycles. The van der Waals surface area contributed by atoms with Gasteiger partial charge in [-0.15, -0.1) is 11.3 Å². The number of ether oxygens (including phenoxy) is 1. The minimum Gasteiger partial charge on any atom is -0.455 e. The summed E-state index contributed by atoms with van der Waals surface area (Å²) in [7, 11) is 0. The standard InChI is InChI=1S/C19H14N2OS2/c1-13-17(22-14-5-3-2-4-6-14)11-15(12-21-13)24-18-7-9-20-16-8-10-23-19(16)18/h2-12H,1H3. The van der Waals surface area contributed by atoms with E-state index in [-0.39, 0.29) is 0 Å². The van der Waals surface area contributed by atoms with Crippen molar-refractivity contribution >= 4 is 33.3 Å². The first kappa shape index (κ1) is 15.2. The molecule has 0 N–H and O–H groups in total. The Labute approximate surface area is 148 Å². The Bertz CT molecular complexity index is 983. The van der Waals surface area contributed by atoms with Gasteiger partial charge in [-0.05, 0) is 42.6 Å². The molecule has 0 aliphatic rings. The number of rotatable bonds is 4. The van der Waals surface area contributed by atoms with Crippen LogP contribution in [-0.2, 0) is 0 Å². The molecule has 4 rings (SSSR count). The summed E-state index contributed by atoms with van der Waals surface area (Å²) in [6.45, 7) is 1.95. The van der Waals surface area contributed by atoms with E-state index in [1.807, 2.05) is 67.8 Å². The Morgan fingerprint density at radius 2 is 1.92 bits per heavy atom. The summed E-state index contributed by atoms with van der Waals surface area (Å²) in [6.07, 6.45) is 3.73. The largest absolute Gasteiger partial charge is 0.455 e. The Morgan fingerprint density at radius 1 is 1.04 bits per heavy atom. The fourth-order valence-electron chi connectivity index (χ4n) is 2.33. The van der Waals surface area contributed by atoms with Crippen molar-refractivity contribution in [1.29, 1.82) is 0 Å². The minimum atomic E-state index is 0.780. The van der Waals surface area contributed by atoms with Gasteiger partial charge in [0.05, 0.1) is 15.9 Å². The maximum Gasteiger partial charge on any atom is 0.149 e. The lowest BCUT2D eigenvalue weighted by Crippen LogP contribution is -1.91. The van der Waals surface area contributed by atoms with E-state index in [1.54, 1.807) is 23.1 Å². The third-order valence-corrected chi connectivity index (χ3v) is 5.61. The van der Waals surface area contributed by atoms with E-state index in [0.717, 1.165) is 27.6 Å². The molecule has 3 aromatic heterocycles. The molecule has 118 valence electrons. The van der Waals surface area contributed by atoms with Gasteiger partial charge in [0.2, 0.25) is 0 Å². The molecular weight excluding hydrogens is 336 g/mol. The summed E-state index contributed by atoms with van der Waals surface area (Å²) >= 11 is 3.39. The number of nitrogens with zero attached hydrogens (tertiary/aromatic N) is 2. The van der Waals surface area contributed by atoms with E-state index >= 15 is 0 Å². The van der Waals surface area contributed by atoms with Gasteiger partial charge in [-0.1, -0.05) is 30.0 Å². The van der Waals surface area contributed by atoms with E-state index < -0.39 is 0 Å². The fourth-order valence-corrected chi connectivity index (χ4v) is 4.21. The van der Waals surface area contributed by atoms with E-state index in [4.69, 9.17) is 4.74 Å². The van der Waals surface area contributed by atoms with Crippen LogP contribution in [0.3, 0.4) is 0 Å². The van der Waals surface area contributed by atoms with Gasteiger partial charge in [0.25, 0.3) is 0 Å². The predicted molar refractivity (Wildman–Crippen MR) is 99.2 cm³/mol. The van der Waals surface area contributed by atoms with Gasteiger partial charge in [-0.2, -0.15) is 0 Å². The van der Waals surface area contributed by atoms with E-state index in [1.165, 1.54) is 9.60 Å². The Balaban J connectivity index is 1.64. The highest BCUT2D eigenvalue weighted by Crippen LogP contribution is 2.37. The van der Waals surface area contributed by atoms with Crippen molar-refractivity contribution in [3.05, 3.63) is 72.0 Å². The zero-order valence-corrected chi connectivity index (χ0v) is 14.6. The van der Waals surface area contributed by atoms with Crippen molar-refractivity contribution in [2.45, 2.75) is 16.7 Å². The van der Waals surface area contributed by atoms with Crippen LogP contribution in [0.1, 0.15) is 5.69 Å². The van der Waals surface area contributed by atoms with Crippen LogP contribution in [0, 0.1) is 6.92 Å². The molecule has 0 radical (unpaired) electrons. The molecule has 0 unspecified atom stereocenters. The minimum absolute atomic E-state index is 0.780. The quantitative estimate of drug-likeness (QED) is 0.456. The average Bonchev–Trinajstić information content (AvgIpc) is 3.09. The summed E-state index contributed by atoms with van der Waals surface area (Å²) in [5, 5.41) is 2.07. The third kappa shape index (κ3) is 3.13. The van der Waals surface area contributed by atoms with Crippen LogP contribution >= 0.6 is 23.1 Å². The second-order valence-corrected chi connectivity index (χ2v) is 7.25. The first-order chi connectivity index (χ1) is 11.8. The Kier molecular flexibility index (Phi) is 4.19. The smallest absolute Gasteiger partial charge is 0.149 e. The lowest BCUT2D eigenvalue weighted by Gasteiger charge is -2.10. The van der Waals surface area contributed by atoms with Gasteiger partial charge < -0.3 is 4.74 Å². The van der Waals surface area contributed by atoms with Crippen molar-refractivity contribution in [1.82, 2.24) is 9.97 Å². The van der Waals surface area contributed by atoms with E-state index in [2.05, 4.69) is 15.3 Å². The predicted octanol–water partition coefficient (Wildman–Crippen LogP) is 5.94. The monoisotopic (exact) mass is 350 g/mol. The molecule has 0 atom stereocenters. The number of aryl methyl sites for hydroxylation is 1. The van der Waals surface area contributed by atoms with Crippen molar-refractivity contribution in [3.8, 4) is 11.5 Å². The molecule has 24 heavy (non-hydrogen) atoms. The van der Waals surface area contributed by atoms with Crippen LogP contribution < -0.4 is 4.74 Å². The number of hydrogen-bond donors (Lipinski definition) is 0. The zero-order valence-electron chi connectivity index (χ0n) is 13.0. The van der Waals surface area contributed by atoms with Crippen LogP contribution in [0.2, 0.25) is 0 Å². The van der Waals surface area contributed by atoms with Gasteiger partial charge in [0.1, 0.15) is 11.5 Å². The van der Waals surface area contributed by atoms with E-state index in [0.29, 0.717) is 0 Å². The molecule has 0 aliphatic heterocycles. The molecule has 0 aliphatic carbocycles. The normalized spacial score (nSPS) is 10.9. The Hall–Kier alpha value is -2.37. The second kappa shape index (κ2) is 6.63. The van der Waals surface area contributed by atoms with Crippen molar-refractivity contribution < 1.29 is 4.74 Å². The summed E-state index contributed by atoms with van der Waals surface area (Å²) < 4.78 is 7.18. The molecular formula is C19H14N2OS2. The highest BCUT2D eigenvalue weighted by atomic mass is 32.2. The van der Waals surface area contributed by atoms with Gasteiger partial charge in [-0.3, -0.25) is 9.97 Å². The number of benzene rings is 1. The van der Waals surface area contributed by atoms with Crippen LogP contribution in [0.4, 0.5) is 0 Å². The van der Waals surface area contributed by atoms with E-state index in [9.17, 15) is 0 Å². The molecule has 0 amide bonds. The summed E-state index contributed by atoms with van der Waals surface area (Å²) in [5.41, 5.74) is 1.91. The summed E-state index contributed by atoms with van der Waals surface area (Å²) in [4.78, 5) is 11.1. The number of para-hydroxylation sites is 1. The maximum absolute atomic E-state index is 5.97. The van der Waals surface area contributed by atoms with Crippen LogP contribution in [0.25, 0.3) is 10.2 Å². The molecule has 0 fully saturated rings. The topological polar surface area (TPSA) is 35.0 Å². The van der Waals surface area contributed by atoms with Crippen LogP contribution in [0.15, 0.2) is 76.1 Å². The first-order valence-corrected chi connectivity index (χ1v) is 9.19. The summed E-state index contributed by atoms with van der Waals surface area (Å²) in [6, 6.07) is 15.9. The van der Waals surface area contributed by atoms with Crippen molar-refractivity contribution in [2.75, 3.05) is 0 Å². The lowest BCUT2D eigenvalue weighted by molar-refractivity contribution is 0.474. The molecule has 1 aromatic carbocycles. The number of aromatic nitrogens is 2. The molecule has 0 saturated carbocycles. The van der Waals surface area contributed by atoms with Gasteiger partial charge in [0, 0.05) is 22.2 Å². The maximum atomic E-state index is 5.97. The lowest BCUT2D eigenvalue weighted by atomic mass is 10.3. The van der Waals surface area contributed by atoms with Crippen molar-refractivity contribution in [2.24, 2.45) is 0 Å². The number of pyridine rings is 2. The van der Waals surface area contributed by atoms with Crippen LogP contribution in [-0.4, -0.2) is 9.97 Å². The Morgan fingerprint density at radius 3 is 2.79 bits per heavy atom. The highest BCUT2D eigenvalue weighted by Gasteiger charge is 2.09. The molecule has 5 heteroatoms. The first-order valence-electron chi connectivity index (χ1n) is 7.49. The highest BCUT2D eigenvalue weighted by molar-refractivity contribution is 7.99. The van der Waals surface area contributed by atoms with Gasteiger partial charge in [-0.25, -0.2) is 0 Å². The molecule has 0 saturated heterocycles. The number of thiophene rings is 1. The molecule has 0 bridgehead atoms. The SMILES string of the molecule is Cc1ncc(Sc2ccnc3ccsc23)cc1Oc1ccccc1. The van der Waals surface area contributed by atoms with Gasteiger partial charge in [0.15, 0.2) is 0 Å². The average molecular weight is 350 g/mol. The summed E-state index contributed by atoms with van der Waals surface area (Å²) in [5.74, 6) is 1.59. The number of hydrogen-bond acceptors (Lipinski definition) is 5. The zero-order chi connectivity index (χ0) is 16.4. The molecule has 0 spiro atoms. The molecule has 4 aromatic rings. The second-order valence-electron chi connectivity index (χ2n) is 5.22. The van der Waals surface area contributed by atoms with Crippen molar-refractivity contribution in [3.63, 3.8) is 0 Å². The third-order valence-electron chi connectivity index (χ3n) is 3.52. The van der Waals surface area contributed by atoms with Crippen LogP contribution in [0.5, 0.6) is 11.5 Å². The number of fused-ring (bicyclic) bond motifs is 1. The fraction of sp³-hybridized carbons (Fsp3) is 0.0526. The molecule has 3 nitrogen and oxygen atoms in total. The van der Waals surface area contributed by atoms with Gasteiger partial charge >= 0.3 is 0 Å².